The van der Waals surface area contributed by atoms with Gasteiger partial charge in [0.15, 0.2) is 0 Å². The minimum atomic E-state index is -3.42. The lowest BCUT2D eigenvalue weighted by atomic mass is 10.7. The van der Waals surface area contributed by atoms with E-state index in [4.69, 9.17) is 43.6 Å². The second-order valence-corrected chi connectivity index (χ2v) is 6.82. The highest BCUT2D eigenvalue weighted by Crippen LogP contribution is 2.57. The molecule has 0 amide bonds. The third kappa shape index (κ3) is 13.0. The fraction of sp³-hybridized carbons (Fsp3) is 1.00. The predicted molar refractivity (Wildman–Crippen MR) is 57.6 cm³/mol. The maximum Gasteiger partial charge on any atom is 0.380 e. The molecule has 86 valence electrons. The van der Waals surface area contributed by atoms with Gasteiger partial charge in [0.1, 0.15) is 0 Å². The highest BCUT2D eigenvalue weighted by Gasteiger charge is 2.12. The van der Waals surface area contributed by atoms with Crippen molar-refractivity contribution in [2.45, 2.75) is 0 Å². The first-order valence-electron chi connectivity index (χ1n) is 3.91. The van der Waals surface area contributed by atoms with Crippen molar-refractivity contribution in [3.63, 3.8) is 0 Å². The van der Waals surface area contributed by atoms with Crippen LogP contribution in [0.4, 0.5) is 0 Å². The van der Waals surface area contributed by atoms with Crippen LogP contribution in [0.15, 0.2) is 0 Å². The molecule has 0 aliphatic carbocycles. The van der Waals surface area contributed by atoms with Crippen molar-refractivity contribution in [3.05, 3.63) is 0 Å². The number of ether oxygens (including phenoxy) is 2. The van der Waals surface area contributed by atoms with Crippen LogP contribution in [0.3, 0.4) is 0 Å². The molecule has 14 heavy (non-hydrogen) atoms. The van der Waals surface area contributed by atoms with Crippen molar-refractivity contribution in [2.75, 3.05) is 38.9 Å². The van der Waals surface area contributed by atoms with Gasteiger partial charge in [-0.3, -0.25) is 4.57 Å². The van der Waals surface area contributed by atoms with E-state index < -0.39 is 6.07 Å². The van der Waals surface area contributed by atoms with Gasteiger partial charge in [-0.05, 0) is 22.5 Å². The zero-order valence-corrected chi connectivity index (χ0v) is 10.6. The van der Waals surface area contributed by atoms with Gasteiger partial charge >= 0.3 is 6.07 Å². The number of hydrogen-bond acceptors (Lipinski definition) is 4. The number of halogens is 3. The Balaban J connectivity index is 3.03. The van der Waals surface area contributed by atoms with Gasteiger partial charge in [-0.2, -0.15) is 0 Å². The average Bonchev–Trinajstić information content (AvgIpc) is 2.08. The average molecular weight is 285 g/mol. The van der Waals surface area contributed by atoms with E-state index in [9.17, 15) is 4.57 Å². The Morgan fingerprint density at radius 3 is 1.93 bits per heavy atom. The molecule has 0 aromatic carbocycles. The first-order valence-corrected chi connectivity index (χ1v) is 7.88. The van der Waals surface area contributed by atoms with Crippen LogP contribution in [0.2, 0.25) is 0 Å². The molecule has 0 unspecified atom stereocenters. The predicted octanol–water partition coefficient (Wildman–Crippen LogP) is 2.86. The normalized spacial score (nSPS) is 11.9. The van der Waals surface area contributed by atoms with Crippen molar-refractivity contribution in [3.8, 4) is 0 Å². The third-order valence-corrected chi connectivity index (χ3v) is 2.29. The molecule has 4 nitrogen and oxygen atoms in total. The van der Waals surface area contributed by atoms with Crippen LogP contribution in [0, 0.1) is 0 Å². The summed E-state index contributed by atoms with van der Waals surface area (Å²) in [6, 6.07) is 0. The van der Waals surface area contributed by atoms with Gasteiger partial charge < -0.3 is 14.0 Å². The molecule has 0 saturated carbocycles. The van der Waals surface area contributed by atoms with E-state index in [1.54, 1.807) is 0 Å². The maximum absolute atomic E-state index is 10.6. The molecular formula is C6H12Cl3O4P. The minimum Gasteiger partial charge on any atom is -0.378 e. The molecule has 0 fully saturated rings. The van der Waals surface area contributed by atoms with Gasteiger partial charge in [0.25, 0.3) is 0 Å². The van der Waals surface area contributed by atoms with E-state index in [0.717, 1.165) is 0 Å². The molecule has 0 radical (unpaired) electrons. The highest BCUT2D eigenvalue weighted by atomic mass is 35.9. The maximum atomic E-state index is 10.6. The van der Waals surface area contributed by atoms with Crippen molar-refractivity contribution in [1.82, 2.24) is 0 Å². The molecule has 0 bridgehead atoms. The topological polar surface area (TPSA) is 44.8 Å². The summed E-state index contributed by atoms with van der Waals surface area (Å²) in [6.45, 7) is 1.76. The monoisotopic (exact) mass is 284 g/mol. The van der Waals surface area contributed by atoms with Gasteiger partial charge in [-0.25, -0.2) is 0 Å². The van der Waals surface area contributed by atoms with Gasteiger partial charge in [-0.1, -0.05) is 0 Å². The first-order chi connectivity index (χ1) is 6.56. The van der Waals surface area contributed by atoms with Crippen molar-refractivity contribution in [2.24, 2.45) is 0 Å². The van der Waals surface area contributed by atoms with Gasteiger partial charge in [0.05, 0.1) is 33.0 Å². The van der Waals surface area contributed by atoms with Crippen LogP contribution in [-0.2, 0) is 18.6 Å². The van der Waals surface area contributed by atoms with E-state index in [-0.39, 0.29) is 13.2 Å². The lowest BCUT2D eigenvalue weighted by Gasteiger charge is -2.05. The second kappa shape index (κ2) is 9.22. The summed E-state index contributed by atoms with van der Waals surface area (Å²) in [7, 11) is 0. The summed E-state index contributed by atoms with van der Waals surface area (Å²) in [5, 5.41) is 0. The Hall–Kier alpha value is 0.980. The quantitative estimate of drug-likeness (QED) is 0.371. The van der Waals surface area contributed by atoms with Gasteiger partial charge in [0, 0.05) is 5.88 Å². The molecule has 0 aliphatic heterocycles. The fourth-order valence-corrected chi connectivity index (χ4v) is 1.39. The van der Waals surface area contributed by atoms with E-state index >= 15 is 0 Å². The smallest absolute Gasteiger partial charge is 0.378 e. The zero-order chi connectivity index (χ0) is 10.9. The summed E-state index contributed by atoms with van der Waals surface area (Å²) < 4.78 is 25.2. The van der Waals surface area contributed by atoms with E-state index in [1.807, 2.05) is 0 Å². The molecule has 0 aromatic rings. The molecule has 0 aromatic heterocycles. The summed E-state index contributed by atoms with van der Waals surface area (Å²) in [5.41, 5.74) is 0. The Morgan fingerprint density at radius 2 is 1.43 bits per heavy atom. The minimum absolute atomic E-state index is 0.0970. The van der Waals surface area contributed by atoms with Crippen LogP contribution in [0.25, 0.3) is 0 Å². The van der Waals surface area contributed by atoms with Crippen molar-refractivity contribution < 1.29 is 18.6 Å². The second-order valence-electron chi connectivity index (χ2n) is 2.16. The first kappa shape index (κ1) is 15.0. The molecule has 0 rings (SSSR count). The third-order valence-electron chi connectivity index (χ3n) is 1.06. The lowest BCUT2D eigenvalue weighted by Crippen LogP contribution is -2.08. The molecule has 0 atom stereocenters. The van der Waals surface area contributed by atoms with Gasteiger partial charge in [0.2, 0.25) is 0 Å². The lowest BCUT2D eigenvalue weighted by molar-refractivity contribution is 0.0422. The molecular weight excluding hydrogens is 273 g/mol. The van der Waals surface area contributed by atoms with Crippen LogP contribution >= 0.6 is 40.2 Å². The molecule has 8 heteroatoms. The van der Waals surface area contributed by atoms with Crippen molar-refractivity contribution in [1.29, 1.82) is 0 Å². The van der Waals surface area contributed by atoms with Crippen LogP contribution in [0.5, 0.6) is 0 Å². The molecule has 0 spiro atoms. The van der Waals surface area contributed by atoms with E-state index in [1.165, 1.54) is 0 Å². The number of alkyl halides is 1. The summed E-state index contributed by atoms with van der Waals surface area (Å²) in [6.07, 6.45) is -3.42. The molecule has 0 aliphatic rings. The summed E-state index contributed by atoms with van der Waals surface area (Å²) in [5.74, 6) is 0.463. The van der Waals surface area contributed by atoms with Crippen LogP contribution in [-0.4, -0.2) is 38.9 Å². The standard InChI is InChI=1S/C6H12Cl3O4P/c7-1-2-11-3-4-12-5-6-13-14(8,9)10/h1-6H2. The Labute approximate surface area is 97.8 Å². The number of hydrogen-bond donors (Lipinski definition) is 0. The zero-order valence-electron chi connectivity index (χ0n) is 7.46. The Morgan fingerprint density at radius 1 is 0.929 bits per heavy atom. The van der Waals surface area contributed by atoms with Crippen LogP contribution < -0.4 is 0 Å². The Bertz CT molecular complexity index is 174. The molecule has 0 saturated heterocycles. The molecule has 0 N–H and O–H groups in total. The Kier molecular flexibility index (Phi) is 9.87. The van der Waals surface area contributed by atoms with Gasteiger partial charge in [-0.15, -0.1) is 11.6 Å². The molecule has 0 heterocycles. The fourth-order valence-electron chi connectivity index (χ4n) is 0.579. The summed E-state index contributed by atoms with van der Waals surface area (Å²) in [4.78, 5) is 0. The van der Waals surface area contributed by atoms with Crippen molar-refractivity contribution >= 4 is 40.2 Å². The number of rotatable bonds is 9. The summed E-state index contributed by atoms with van der Waals surface area (Å²) >= 11 is 15.6. The highest BCUT2D eigenvalue weighted by molar-refractivity contribution is 8.05. The van der Waals surface area contributed by atoms with Crippen LogP contribution in [0.1, 0.15) is 0 Å². The SMILES string of the molecule is O=P(Cl)(Cl)OCCOCCOCCCl. The van der Waals surface area contributed by atoms with E-state index in [2.05, 4.69) is 4.52 Å². The van der Waals surface area contributed by atoms with E-state index in [0.29, 0.717) is 25.7 Å². The largest absolute Gasteiger partial charge is 0.380 e.